The molecule has 0 unspecified atom stereocenters. The highest BCUT2D eigenvalue weighted by atomic mass is 16.5. The van der Waals surface area contributed by atoms with Crippen LogP contribution in [0.15, 0.2) is 54.7 Å². The number of carbonyl (C=O) groups is 3. The molecule has 2 amide bonds. The maximum Gasteiger partial charge on any atom is 0.309 e. The lowest BCUT2D eigenvalue weighted by Gasteiger charge is -2.32. The first-order valence-electron chi connectivity index (χ1n) is 10.0. The number of methoxy groups -OCH3 is 1. The number of nitrogens with zero attached hydrogens (tertiary/aromatic N) is 1. The monoisotopic (exact) mass is 422 g/mol. The Bertz CT molecular complexity index is 984. The molecule has 1 aliphatic heterocycles. The number of carbonyl (C=O) groups excluding carboxylic acids is 3. The second-order valence-corrected chi connectivity index (χ2v) is 7.29. The Kier molecular flexibility index (Phi) is 7.07. The van der Waals surface area contributed by atoms with Crippen LogP contribution in [0.2, 0.25) is 0 Å². The molecule has 2 atom stereocenters. The van der Waals surface area contributed by atoms with Crippen molar-refractivity contribution >= 4 is 23.9 Å². The highest BCUT2D eigenvalue weighted by Crippen LogP contribution is 2.33. The molecule has 0 bridgehead atoms. The van der Waals surface area contributed by atoms with Crippen LogP contribution in [-0.2, 0) is 25.7 Å². The zero-order chi connectivity index (χ0) is 22.4. The molecule has 1 N–H and O–H groups in total. The molecule has 0 radical (unpaired) electrons. The molecule has 7 nitrogen and oxygen atoms in total. The van der Waals surface area contributed by atoms with Crippen LogP contribution in [0.5, 0.6) is 5.75 Å². The van der Waals surface area contributed by atoms with Crippen molar-refractivity contribution in [3.8, 4) is 5.75 Å². The number of amides is 2. The van der Waals surface area contributed by atoms with Crippen LogP contribution in [0.4, 0.5) is 0 Å². The van der Waals surface area contributed by atoms with Gasteiger partial charge in [0, 0.05) is 19.7 Å². The third-order valence-corrected chi connectivity index (χ3v) is 5.13. The fraction of sp³-hybridized carbons (Fsp3) is 0.292. The molecule has 0 spiro atoms. The van der Waals surface area contributed by atoms with E-state index in [1.807, 2.05) is 54.6 Å². The van der Waals surface area contributed by atoms with Crippen molar-refractivity contribution in [2.75, 3.05) is 7.11 Å². The van der Waals surface area contributed by atoms with Gasteiger partial charge >= 0.3 is 5.97 Å². The fourth-order valence-corrected chi connectivity index (χ4v) is 3.45. The lowest BCUT2D eigenvalue weighted by atomic mass is 9.94. The van der Waals surface area contributed by atoms with Crippen molar-refractivity contribution in [3.63, 3.8) is 0 Å². The second kappa shape index (κ2) is 9.93. The minimum Gasteiger partial charge on any atom is -0.497 e. The van der Waals surface area contributed by atoms with Gasteiger partial charge in [-0.15, -0.1) is 0 Å². The smallest absolute Gasteiger partial charge is 0.309 e. The molecular formula is C24H26N2O5. The molecule has 2 aromatic rings. The van der Waals surface area contributed by atoms with E-state index in [1.54, 1.807) is 13.3 Å². The average molecular weight is 422 g/mol. The van der Waals surface area contributed by atoms with Crippen LogP contribution in [0, 0.1) is 0 Å². The summed E-state index contributed by atoms with van der Waals surface area (Å²) in [6, 6.07) is 14.4. The number of esters is 1. The van der Waals surface area contributed by atoms with Crippen molar-refractivity contribution in [2.24, 2.45) is 0 Å². The Morgan fingerprint density at radius 3 is 2.48 bits per heavy atom. The predicted octanol–water partition coefficient (Wildman–Crippen LogP) is 3.21. The first kappa shape index (κ1) is 22.1. The van der Waals surface area contributed by atoms with Crippen molar-refractivity contribution in [1.29, 1.82) is 0 Å². The van der Waals surface area contributed by atoms with Crippen LogP contribution in [0.1, 0.15) is 43.0 Å². The molecule has 0 saturated heterocycles. The quantitative estimate of drug-likeness (QED) is 0.693. The summed E-state index contributed by atoms with van der Waals surface area (Å²) in [5, 5.41) is 2.76. The highest BCUT2D eigenvalue weighted by Gasteiger charge is 2.30. The SMILES string of the molecule is COc1ccc(CNC(=O)[C@H](C)OC(=O)C[C@@H]2c3ccccc3C=CN2C(C)=O)cc1. The third kappa shape index (κ3) is 5.51. The standard InChI is InChI=1S/C24H26N2O5/c1-16(24(29)25-15-18-8-10-20(30-3)11-9-18)31-23(28)14-22-21-7-5-4-6-19(21)12-13-26(22)17(2)27/h4-13,16,22H,14-15H2,1-3H3,(H,25,29)/t16-,22+/m0/s1. The van der Waals surface area contributed by atoms with Gasteiger partial charge in [0.25, 0.3) is 5.91 Å². The third-order valence-electron chi connectivity index (χ3n) is 5.13. The summed E-state index contributed by atoms with van der Waals surface area (Å²) in [4.78, 5) is 38.5. The van der Waals surface area contributed by atoms with Crippen LogP contribution in [-0.4, -0.2) is 35.9 Å². The zero-order valence-corrected chi connectivity index (χ0v) is 17.8. The Labute approximate surface area is 181 Å². The molecule has 0 aliphatic carbocycles. The van der Waals surface area contributed by atoms with E-state index >= 15 is 0 Å². The summed E-state index contributed by atoms with van der Waals surface area (Å²) >= 11 is 0. The maximum atomic E-state index is 12.6. The lowest BCUT2D eigenvalue weighted by Crippen LogP contribution is -2.37. The fourth-order valence-electron chi connectivity index (χ4n) is 3.45. The minimum atomic E-state index is -0.953. The van der Waals surface area contributed by atoms with E-state index in [2.05, 4.69) is 5.32 Å². The molecule has 1 aliphatic rings. The Morgan fingerprint density at radius 2 is 1.81 bits per heavy atom. The molecule has 2 aromatic carbocycles. The van der Waals surface area contributed by atoms with Gasteiger partial charge in [0.05, 0.1) is 19.6 Å². The topological polar surface area (TPSA) is 84.9 Å². The van der Waals surface area contributed by atoms with Gasteiger partial charge < -0.3 is 19.7 Å². The zero-order valence-electron chi connectivity index (χ0n) is 17.8. The van der Waals surface area contributed by atoms with E-state index in [9.17, 15) is 14.4 Å². The van der Waals surface area contributed by atoms with Gasteiger partial charge in [-0.05, 0) is 41.8 Å². The number of ether oxygens (including phenoxy) is 2. The number of rotatable bonds is 7. The number of hydrogen-bond acceptors (Lipinski definition) is 5. The van der Waals surface area contributed by atoms with E-state index < -0.39 is 24.0 Å². The van der Waals surface area contributed by atoms with E-state index in [1.165, 1.54) is 18.7 Å². The lowest BCUT2D eigenvalue weighted by molar-refractivity contribution is -0.156. The Hall–Kier alpha value is -3.61. The highest BCUT2D eigenvalue weighted by molar-refractivity contribution is 5.84. The second-order valence-electron chi connectivity index (χ2n) is 7.29. The Morgan fingerprint density at radius 1 is 1.10 bits per heavy atom. The van der Waals surface area contributed by atoms with E-state index in [0.717, 1.165) is 22.4 Å². The number of nitrogens with one attached hydrogen (secondary N) is 1. The molecular weight excluding hydrogens is 396 g/mol. The van der Waals surface area contributed by atoms with Gasteiger partial charge in [0.1, 0.15) is 5.75 Å². The van der Waals surface area contributed by atoms with Gasteiger partial charge in [-0.25, -0.2) is 0 Å². The molecule has 0 fully saturated rings. The van der Waals surface area contributed by atoms with Gasteiger partial charge in [-0.3, -0.25) is 14.4 Å². The minimum absolute atomic E-state index is 0.0446. The van der Waals surface area contributed by atoms with Crippen molar-refractivity contribution in [2.45, 2.75) is 39.0 Å². The summed E-state index contributed by atoms with van der Waals surface area (Å²) in [5.74, 6) is -0.380. The van der Waals surface area contributed by atoms with E-state index in [4.69, 9.17) is 9.47 Å². The molecule has 3 rings (SSSR count). The molecule has 7 heteroatoms. The normalized spacial score (nSPS) is 15.6. The summed E-state index contributed by atoms with van der Waals surface area (Å²) in [5.41, 5.74) is 2.72. The first-order valence-corrected chi connectivity index (χ1v) is 10.0. The predicted molar refractivity (Wildman–Crippen MR) is 116 cm³/mol. The van der Waals surface area contributed by atoms with Gasteiger partial charge in [0.15, 0.2) is 6.10 Å². The number of fused-ring (bicyclic) bond motifs is 1. The van der Waals surface area contributed by atoms with E-state index in [-0.39, 0.29) is 12.3 Å². The number of hydrogen-bond donors (Lipinski definition) is 1. The van der Waals surface area contributed by atoms with Crippen LogP contribution in [0.25, 0.3) is 6.08 Å². The van der Waals surface area contributed by atoms with Crippen LogP contribution in [0.3, 0.4) is 0 Å². The maximum absolute atomic E-state index is 12.6. The molecule has 0 saturated carbocycles. The molecule has 1 heterocycles. The summed E-state index contributed by atoms with van der Waals surface area (Å²) in [6.45, 7) is 3.29. The van der Waals surface area contributed by atoms with Gasteiger partial charge in [0.2, 0.25) is 5.91 Å². The van der Waals surface area contributed by atoms with Crippen LogP contribution < -0.4 is 10.1 Å². The molecule has 162 valence electrons. The van der Waals surface area contributed by atoms with Gasteiger partial charge in [-0.1, -0.05) is 36.4 Å². The van der Waals surface area contributed by atoms with Crippen molar-refractivity contribution < 1.29 is 23.9 Å². The molecule has 31 heavy (non-hydrogen) atoms. The van der Waals surface area contributed by atoms with Crippen molar-refractivity contribution in [1.82, 2.24) is 10.2 Å². The summed E-state index contributed by atoms with van der Waals surface area (Å²) in [7, 11) is 1.59. The van der Waals surface area contributed by atoms with E-state index in [0.29, 0.717) is 6.54 Å². The summed E-state index contributed by atoms with van der Waals surface area (Å²) < 4.78 is 10.5. The van der Waals surface area contributed by atoms with Crippen molar-refractivity contribution in [3.05, 3.63) is 71.4 Å². The average Bonchev–Trinajstić information content (AvgIpc) is 2.77. The Balaban J connectivity index is 1.57. The molecule has 0 aromatic heterocycles. The van der Waals surface area contributed by atoms with Gasteiger partial charge in [-0.2, -0.15) is 0 Å². The first-order chi connectivity index (χ1) is 14.9. The largest absolute Gasteiger partial charge is 0.497 e. The number of benzene rings is 2. The van der Waals surface area contributed by atoms with Crippen LogP contribution >= 0.6 is 0 Å². The summed E-state index contributed by atoms with van der Waals surface area (Å²) in [6.07, 6.45) is 2.52.